The first-order valence-corrected chi connectivity index (χ1v) is 11.6. The minimum absolute atomic E-state index is 0.0758. The lowest BCUT2D eigenvalue weighted by molar-refractivity contribution is 0.00595. The third kappa shape index (κ3) is 4.59. The predicted octanol–water partition coefficient (Wildman–Crippen LogP) is 3.16. The zero-order valence-electron chi connectivity index (χ0n) is 19.8. The zero-order valence-corrected chi connectivity index (χ0v) is 19.8. The van der Waals surface area contributed by atoms with Gasteiger partial charge in [-0.1, -0.05) is 24.6 Å². The van der Waals surface area contributed by atoms with E-state index in [0.717, 1.165) is 35.0 Å². The van der Waals surface area contributed by atoms with E-state index in [1.807, 2.05) is 24.3 Å². The van der Waals surface area contributed by atoms with Crippen LogP contribution in [0.2, 0.25) is 0 Å². The van der Waals surface area contributed by atoms with Crippen LogP contribution in [0.3, 0.4) is 0 Å². The lowest BCUT2D eigenvalue weighted by Crippen LogP contribution is -2.43. The summed E-state index contributed by atoms with van der Waals surface area (Å²) in [4.78, 5) is 5.95. The van der Waals surface area contributed by atoms with E-state index in [1.165, 1.54) is 12.8 Å². The third-order valence-electron chi connectivity index (χ3n) is 6.70. The summed E-state index contributed by atoms with van der Waals surface area (Å²) < 4.78 is 0. The normalized spacial score (nSPS) is 17.6. The molecule has 0 amide bonds. The molecule has 1 fully saturated rings. The summed E-state index contributed by atoms with van der Waals surface area (Å²) in [7, 11) is 1.75. The maximum Gasteiger partial charge on any atom is 0.158 e. The number of pyridine rings is 1. The van der Waals surface area contributed by atoms with Gasteiger partial charge in [-0.2, -0.15) is 5.10 Å². The number of rotatable bonds is 9. The number of aliphatic hydroxyl groups excluding tert-OH is 1. The van der Waals surface area contributed by atoms with Gasteiger partial charge in [-0.3, -0.25) is 26.2 Å². The van der Waals surface area contributed by atoms with E-state index in [4.69, 9.17) is 10.8 Å². The summed E-state index contributed by atoms with van der Waals surface area (Å²) in [5, 5.41) is 48.2. The number of H-pyrrole nitrogens is 1. The number of likely N-dealkylation sites (N-methyl/N-ethyl adjacent to an activating group) is 1. The number of amidine groups is 1. The van der Waals surface area contributed by atoms with Gasteiger partial charge in [0.1, 0.15) is 17.2 Å². The molecule has 4 rings (SSSR count). The van der Waals surface area contributed by atoms with Crippen LogP contribution in [0.15, 0.2) is 36.5 Å². The van der Waals surface area contributed by atoms with Crippen LogP contribution >= 0.6 is 0 Å². The first-order valence-electron chi connectivity index (χ1n) is 11.6. The van der Waals surface area contributed by atoms with Crippen LogP contribution in [0, 0.1) is 16.7 Å². The number of fused-ring (bicyclic) bond motifs is 1. The Kier molecular flexibility index (Phi) is 6.79. The summed E-state index contributed by atoms with van der Waals surface area (Å²) in [5.41, 5.74) is 2.26. The largest absolute Gasteiger partial charge is 0.392 e. The smallest absolute Gasteiger partial charge is 0.158 e. The van der Waals surface area contributed by atoms with Gasteiger partial charge >= 0.3 is 0 Å². The Morgan fingerprint density at radius 3 is 2.79 bits per heavy atom. The molecule has 0 unspecified atom stereocenters. The van der Waals surface area contributed by atoms with Gasteiger partial charge in [0.2, 0.25) is 0 Å². The molecule has 0 aliphatic heterocycles. The molecule has 180 valence electrons. The molecule has 1 aromatic carbocycles. The molecule has 9 nitrogen and oxygen atoms in total. The third-order valence-corrected chi connectivity index (χ3v) is 6.70. The van der Waals surface area contributed by atoms with Gasteiger partial charge in [0.05, 0.1) is 18.0 Å². The van der Waals surface area contributed by atoms with Crippen LogP contribution in [0.4, 0.5) is 0 Å². The lowest BCUT2D eigenvalue weighted by atomic mass is 9.72. The maximum atomic E-state index is 11.0. The lowest BCUT2D eigenvalue weighted by Gasteiger charge is -2.36. The number of aliphatic hydroxyl groups is 2. The van der Waals surface area contributed by atoms with Crippen LogP contribution in [0.1, 0.15) is 50.3 Å². The molecule has 3 atom stereocenters. The Hall–Kier alpha value is -3.14. The fraction of sp³-hybridized carbons (Fsp3) is 0.440. The summed E-state index contributed by atoms with van der Waals surface area (Å²) in [6, 6.07) is 9.96. The van der Waals surface area contributed by atoms with E-state index in [9.17, 15) is 10.2 Å². The predicted molar refractivity (Wildman–Crippen MR) is 133 cm³/mol. The van der Waals surface area contributed by atoms with Crippen molar-refractivity contribution < 1.29 is 10.2 Å². The Bertz CT molecular complexity index is 1180. The number of nitrogens with zero attached hydrogens (tertiary/aromatic N) is 3. The van der Waals surface area contributed by atoms with Crippen molar-refractivity contribution in [2.45, 2.75) is 50.9 Å². The first kappa shape index (κ1) is 24.0. The zero-order chi connectivity index (χ0) is 24.5. The number of hydrogen-bond acceptors (Lipinski definition) is 7. The van der Waals surface area contributed by atoms with Crippen molar-refractivity contribution in [2.75, 3.05) is 13.6 Å². The van der Waals surface area contributed by atoms with E-state index < -0.39 is 11.8 Å². The topological polar surface area (TPSA) is 145 Å². The van der Waals surface area contributed by atoms with Crippen molar-refractivity contribution in [1.29, 1.82) is 10.8 Å². The number of hydrogen-bond donors (Lipinski definition) is 6. The van der Waals surface area contributed by atoms with E-state index in [2.05, 4.69) is 26.6 Å². The van der Waals surface area contributed by atoms with Gasteiger partial charge in [0, 0.05) is 36.7 Å². The summed E-state index contributed by atoms with van der Waals surface area (Å²) in [5.74, 6) is 0.746. The van der Waals surface area contributed by atoms with Crippen LogP contribution in [0.5, 0.6) is 0 Å². The molecule has 0 spiro atoms. The second kappa shape index (κ2) is 9.61. The van der Waals surface area contributed by atoms with Crippen molar-refractivity contribution in [3.63, 3.8) is 0 Å². The molecule has 1 aliphatic carbocycles. The maximum absolute atomic E-state index is 11.0. The highest BCUT2D eigenvalue weighted by atomic mass is 16.3. The highest BCUT2D eigenvalue weighted by molar-refractivity contribution is 5.96. The Balaban J connectivity index is 1.73. The molecule has 0 saturated heterocycles. The fourth-order valence-corrected chi connectivity index (χ4v) is 4.56. The number of aromatic nitrogens is 3. The molecule has 2 aromatic heterocycles. The summed E-state index contributed by atoms with van der Waals surface area (Å²) in [6.45, 7) is 3.47. The quantitative estimate of drug-likeness (QED) is 0.163. The Morgan fingerprint density at radius 2 is 2.15 bits per heavy atom. The molecular weight excluding hydrogens is 430 g/mol. The average molecular weight is 464 g/mol. The van der Waals surface area contributed by atoms with Crippen molar-refractivity contribution in [3.8, 4) is 11.3 Å². The second-order valence-electron chi connectivity index (χ2n) is 9.38. The van der Waals surface area contributed by atoms with Crippen LogP contribution in [-0.4, -0.2) is 62.2 Å². The van der Waals surface area contributed by atoms with E-state index in [1.54, 1.807) is 32.0 Å². The number of aromatic amines is 1. The Morgan fingerprint density at radius 1 is 1.38 bits per heavy atom. The highest BCUT2D eigenvalue weighted by Crippen LogP contribution is 2.41. The van der Waals surface area contributed by atoms with E-state index in [-0.39, 0.29) is 12.5 Å². The standard InChI is InChI=1S/C25H33N7O2/c1-15(33)13-29-25(2,34)23-22-19(10-11-28-23)21(30-31-22)18-9-5-8-17(12-18)20(16-6-4-7-16)24(27)32(3)14-26/h5,8-12,14-16,20,26-27,29,33-34H,4,6-7,13H2,1-3H3,(H,30,31)/t15-,20+,25+/m0/s1. The van der Waals surface area contributed by atoms with Gasteiger partial charge in [-0.05, 0) is 50.3 Å². The summed E-state index contributed by atoms with van der Waals surface area (Å²) >= 11 is 0. The molecule has 9 heteroatoms. The van der Waals surface area contributed by atoms with Gasteiger partial charge in [0.25, 0.3) is 0 Å². The van der Waals surface area contributed by atoms with Gasteiger partial charge < -0.3 is 15.1 Å². The molecule has 34 heavy (non-hydrogen) atoms. The van der Waals surface area contributed by atoms with Gasteiger partial charge in [-0.15, -0.1) is 0 Å². The minimum atomic E-state index is -1.45. The van der Waals surface area contributed by atoms with Gasteiger partial charge in [0.15, 0.2) is 5.72 Å². The Labute approximate surface area is 199 Å². The molecule has 1 saturated carbocycles. The average Bonchev–Trinajstić information content (AvgIpc) is 3.23. The van der Waals surface area contributed by atoms with Gasteiger partial charge in [-0.25, -0.2) is 0 Å². The summed E-state index contributed by atoms with van der Waals surface area (Å²) in [6.07, 6.45) is 5.55. The van der Waals surface area contributed by atoms with Crippen molar-refractivity contribution in [3.05, 3.63) is 47.8 Å². The van der Waals surface area contributed by atoms with Crippen LogP contribution in [0.25, 0.3) is 22.2 Å². The second-order valence-corrected chi connectivity index (χ2v) is 9.38. The fourth-order valence-electron chi connectivity index (χ4n) is 4.56. The molecule has 6 N–H and O–H groups in total. The minimum Gasteiger partial charge on any atom is -0.392 e. The molecule has 3 aromatic rings. The van der Waals surface area contributed by atoms with Crippen LogP contribution < -0.4 is 5.32 Å². The van der Waals surface area contributed by atoms with E-state index >= 15 is 0 Å². The molecule has 0 radical (unpaired) electrons. The van der Waals surface area contributed by atoms with Crippen LogP contribution in [-0.2, 0) is 5.72 Å². The molecule has 0 bridgehead atoms. The van der Waals surface area contributed by atoms with Crippen molar-refractivity contribution in [1.82, 2.24) is 25.4 Å². The number of benzene rings is 1. The van der Waals surface area contributed by atoms with Crippen molar-refractivity contribution in [2.24, 2.45) is 5.92 Å². The molecule has 2 heterocycles. The monoisotopic (exact) mass is 463 g/mol. The van der Waals surface area contributed by atoms with E-state index in [0.29, 0.717) is 23.0 Å². The first-order chi connectivity index (χ1) is 16.2. The SMILES string of the molecule is C[C@H](O)CN[C@](C)(O)c1nccc2c(-c3cccc([C@H](C(=N)N(C)C=N)C4CCC4)c3)n[nH]c12. The molecular formula is C25H33N7O2. The number of nitrogens with one attached hydrogen (secondary N) is 4. The highest BCUT2D eigenvalue weighted by Gasteiger charge is 2.33. The molecule has 1 aliphatic rings. The van der Waals surface area contributed by atoms with Crippen molar-refractivity contribution >= 4 is 23.1 Å².